The van der Waals surface area contributed by atoms with Crippen LogP contribution >= 0.6 is 11.3 Å². The van der Waals surface area contributed by atoms with Crippen molar-refractivity contribution >= 4 is 23.2 Å². The summed E-state index contributed by atoms with van der Waals surface area (Å²) in [5.41, 5.74) is 2.29. The van der Waals surface area contributed by atoms with Crippen LogP contribution in [0.1, 0.15) is 26.4 Å². The van der Waals surface area contributed by atoms with E-state index in [9.17, 15) is 22.8 Å². The van der Waals surface area contributed by atoms with Gasteiger partial charge in [-0.2, -0.15) is 13.2 Å². The molecule has 0 saturated carbocycles. The summed E-state index contributed by atoms with van der Waals surface area (Å²) in [6, 6.07) is 12.4. The van der Waals surface area contributed by atoms with Crippen LogP contribution in [0.4, 0.5) is 13.2 Å². The highest BCUT2D eigenvalue weighted by molar-refractivity contribution is 7.07. The molecule has 0 radical (unpaired) electrons. The summed E-state index contributed by atoms with van der Waals surface area (Å²) in [6.45, 7) is 3.43. The first-order valence-electron chi connectivity index (χ1n) is 11.3. The quantitative estimate of drug-likeness (QED) is 0.541. The van der Waals surface area contributed by atoms with E-state index in [0.717, 1.165) is 12.1 Å². The minimum absolute atomic E-state index is 0.0378. The monoisotopic (exact) mass is 500 g/mol. The number of nitrogens with zero attached hydrogens (tertiary/aromatic N) is 4. The van der Waals surface area contributed by atoms with E-state index in [1.165, 1.54) is 17.4 Å². The SMILES string of the molecule is O=C(c1cc(-c2ccccc2)cc(C(F)(F)F)c1)N1CC(N2CCN(C(=O)c3cscn3)CC2)C1. The Hall–Kier alpha value is -3.24. The Labute approximate surface area is 204 Å². The third-order valence-electron chi connectivity index (χ3n) is 6.53. The van der Waals surface area contributed by atoms with Gasteiger partial charge in [0.25, 0.3) is 11.8 Å². The lowest BCUT2D eigenvalue weighted by Gasteiger charge is -2.48. The second kappa shape index (κ2) is 9.43. The van der Waals surface area contributed by atoms with Crippen LogP contribution in [0.15, 0.2) is 59.4 Å². The van der Waals surface area contributed by atoms with Crippen LogP contribution in [0, 0.1) is 0 Å². The number of hydrogen-bond acceptors (Lipinski definition) is 5. The van der Waals surface area contributed by atoms with Crippen LogP contribution in [0.2, 0.25) is 0 Å². The lowest BCUT2D eigenvalue weighted by molar-refractivity contribution is -0.137. The smallest absolute Gasteiger partial charge is 0.335 e. The number of carbonyl (C=O) groups excluding carboxylic acids is 2. The van der Waals surface area contributed by atoms with E-state index in [4.69, 9.17) is 0 Å². The number of aromatic nitrogens is 1. The van der Waals surface area contributed by atoms with Gasteiger partial charge in [0.15, 0.2) is 0 Å². The fourth-order valence-corrected chi connectivity index (χ4v) is 5.04. The molecule has 3 aromatic rings. The maximum Gasteiger partial charge on any atom is 0.416 e. The number of likely N-dealkylation sites (tertiary alicyclic amines) is 1. The minimum atomic E-state index is -4.55. The molecule has 2 amide bonds. The van der Waals surface area contributed by atoms with E-state index in [1.807, 2.05) is 0 Å². The van der Waals surface area contributed by atoms with Crippen molar-refractivity contribution in [3.8, 4) is 11.1 Å². The van der Waals surface area contributed by atoms with Gasteiger partial charge in [0.05, 0.1) is 11.1 Å². The maximum absolute atomic E-state index is 13.5. The Bertz CT molecular complexity index is 1200. The van der Waals surface area contributed by atoms with Gasteiger partial charge in [-0.15, -0.1) is 11.3 Å². The van der Waals surface area contributed by atoms with Gasteiger partial charge < -0.3 is 9.80 Å². The minimum Gasteiger partial charge on any atom is -0.335 e. The van der Waals surface area contributed by atoms with E-state index in [1.54, 1.807) is 51.0 Å². The number of thiazole rings is 1. The Morgan fingerprint density at radius 1 is 0.886 bits per heavy atom. The number of piperazine rings is 1. The van der Waals surface area contributed by atoms with Crippen molar-refractivity contribution in [1.82, 2.24) is 19.7 Å². The molecule has 35 heavy (non-hydrogen) atoms. The van der Waals surface area contributed by atoms with Crippen molar-refractivity contribution in [2.75, 3.05) is 39.3 Å². The van der Waals surface area contributed by atoms with Gasteiger partial charge in [0.1, 0.15) is 5.69 Å². The van der Waals surface area contributed by atoms with Crippen molar-refractivity contribution in [2.45, 2.75) is 12.2 Å². The maximum atomic E-state index is 13.5. The van der Waals surface area contributed by atoms with Crippen molar-refractivity contribution in [1.29, 1.82) is 0 Å². The van der Waals surface area contributed by atoms with Crippen LogP contribution in [0.5, 0.6) is 0 Å². The lowest BCUT2D eigenvalue weighted by Crippen LogP contribution is -2.64. The molecule has 0 bridgehead atoms. The lowest BCUT2D eigenvalue weighted by atomic mass is 9.97. The number of alkyl halides is 3. The average Bonchev–Trinajstić information content (AvgIpc) is 3.38. The predicted octanol–water partition coefficient (Wildman–Crippen LogP) is 4.11. The molecule has 0 atom stereocenters. The first kappa shape index (κ1) is 23.5. The van der Waals surface area contributed by atoms with Gasteiger partial charge >= 0.3 is 6.18 Å². The number of hydrogen-bond donors (Lipinski definition) is 0. The van der Waals surface area contributed by atoms with E-state index in [0.29, 0.717) is 56.1 Å². The molecule has 0 N–H and O–H groups in total. The average molecular weight is 501 g/mol. The van der Waals surface area contributed by atoms with E-state index in [-0.39, 0.29) is 17.5 Å². The molecule has 3 heterocycles. The number of amides is 2. The molecular formula is C25H23F3N4O2S. The molecule has 0 spiro atoms. The number of rotatable bonds is 4. The zero-order valence-electron chi connectivity index (χ0n) is 18.7. The molecular weight excluding hydrogens is 477 g/mol. The highest BCUT2D eigenvalue weighted by Crippen LogP contribution is 2.34. The Morgan fingerprint density at radius 2 is 1.60 bits per heavy atom. The summed E-state index contributed by atoms with van der Waals surface area (Å²) in [4.78, 5) is 35.2. The predicted molar refractivity (Wildman–Crippen MR) is 126 cm³/mol. The first-order valence-corrected chi connectivity index (χ1v) is 12.2. The molecule has 0 aliphatic carbocycles. The van der Waals surface area contributed by atoms with Gasteiger partial charge in [-0.25, -0.2) is 4.98 Å². The second-order valence-corrected chi connectivity index (χ2v) is 9.45. The molecule has 5 rings (SSSR count). The Balaban J connectivity index is 1.23. The van der Waals surface area contributed by atoms with Gasteiger partial charge in [0.2, 0.25) is 0 Å². The summed E-state index contributed by atoms with van der Waals surface area (Å²) >= 11 is 1.38. The van der Waals surface area contributed by atoms with Crippen LogP contribution in [-0.2, 0) is 6.18 Å². The van der Waals surface area contributed by atoms with Crippen molar-refractivity contribution in [3.05, 3.63) is 76.2 Å². The normalized spacial score (nSPS) is 17.3. The molecule has 0 unspecified atom stereocenters. The fourth-order valence-electron chi connectivity index (χ4n) is 4.52. The summed E-state index contributed by atoms with van der Waals surface area (Å²) in [5.74, 6) is -0.475. The van der Waals surface area contributed by atoms with Crippen LogP contribution in [-0.4, -0.2) is 76.8 Å². The van der Waals surface area contributed by atoms with E-state index in [2.05, 4.69) is 9.88 Å². The van der Waals surface area contributed by atoms with Crippen LogP contribution < -0.4 is 0 Å². The van der Waals surface area contributed by atoms with Crippen molar-refractivity contribution in [3.63, 3.8) is 0 Å². The van der Waals surface area contributed by atoms with Gasteiger partial charge in [-0.1, -0.05) is 30.3 Å². The van der Waals surface area contributed by atoms with Crippen LogP contribution in [0.3, 0.4) is 0 Å². The second-order valence-electron chi connectivity index (χ2n) is 8.73. The molecule has 2 fully saturated rings. The summed E-state index contributed by atoms with van der Waals surface area (Å²) in [7, 11) is 0. The topological polar surface area (TPSA) is 56.8 Å². The number of halogens is 3. The molecule has 2 aliphatic heterocycles. The van der Waals surface area contributed by atoms with Crippen LogP contribution in [0.25, 0.3) is 11.1 Å². The van der Waals surface area contributed by atoms with Gasteiger partial charge in [-0.3, -0.25) is 14.5 Å². The molecule has 2 saturated heterocycles. The number of benzene rings is 2. The molecule has 10 heteroatoms. The molecule has 2 aromatic carbocycles. The van der Waals surface area contributed by atoms with Crippen molar-refractivity contribution in [2.24, 2.45) is 0 Å². The number of carbonyl (C=O) groups is 2. The highest BCUT2D eigenvalue weighted by atomic mass is 32.1. The molecule has 2 aliphatic rings. The molecule has 182 valence electrons. The fraction of sp³-hybridized carbons (Fsp3) is 0.320. The summed E-state index contributed by atoms with van der Waals surface area (Å²) in [5, 5.41) is 1.74. The Kier molecular flexibility index (Phi) is 6.33. The summed E-state index contributed by atoms with van der Waals surface area (Å²) in [6.07, 6.45) is -4.55. The van der Waals surface area contributed by atoms with Gasteiger partial charge in [0, 0.05) is 56.3 Å². The standard InChI is InChI=1S/C25H23F3N4O2S/c26-25(27,28)20-11-18(17-4-2-1-3-5-17)10-19(12-20)23(33)32-13-21(14-32)30-6-8-31(9-7-30)24(34)22-15-35-16-29-22/h1-5,10-12,15-16,21H,6-9,13-14H2. The Morgan fingerprint density at radius 3 is 2.23 bits per heavy atom. The highest BCUT2D eigenvalue weighted by Gasteiger charge is 2.38. The van der Waals surface area contributed by atoms with Crippen molar-refractivity contribution < 1.29 is 22.8 Å². The first-order chi connectivity index (χ1) is 16.8. The molecule has 1 aromatic heterocycles. The van der Waals surface area contributed by atoms with E-state index >= 15 is 0 Å². The largest absolute Gasteiger partial charge is 0.416 e. The third kappa shape index (κ3) is 4.94. The zero-order chi connectivity index (χ0) is 24.6. The van der Waals surface area contributed by atoms with E-state index < -0.39 is 17.6 Å². The van der Waals surface area contributed by atoms with Gasteiger partial charge in [-0.05, 0) is 29.3 Å². The summed E-state index contributed by atoms with van der Waals surface area (Å²) < 4.78 is 40.6. The molecule has 6 nitrogen and oxygen atoms in total. The third-order valence-corrected chi connectivity index (χ3v) is 7.12. The zero-order valence-corrected chi connectivity index (χ0v) is 19.6.